The minimum Gasteiger partial charge on any atom is -0.404 e. The van der Waals surface area contributed by atoms with Crippen LogP contribution in [0.15, 0.2) is 47.4 Å². The van der Waals surface area contributed by atoms with E-state index in [1.807, 2.05) is 7.05 Å². The van der Waals surface area contributed by atoms with Crippen LogP contribution in [0, 0.1) is 0 Å². The summed E-state index contributed by atoms with van der Waals surface area (Å²) in [6, 6.07) is 1.79. The van der Waals surface area contributed by atoms with E-state index in [-0.39, 0.29) is 0 Å². The number of nitrogens with two attached hydrogens (primary N) is 1. The first-order chi connectivity index (χ1) is 9.67. The summed E-state index contributed by atoms with van der Waals surface area (Å²) in [7, 11) is 1.94. The Morgan fingerprint density at radius 2 is 2.05 bits per heavy atom. The zero-order chi connectivity index (χ0) is 14.8. The molecule has 3 N–H and O–H groups in total. The van der Waals surface area contributed by atoms with Gasteiger partial charge in [-0.25, -0.2) is 9.97 Å². The number of nitrogens with zero attached hydrogens (tertiary/aromatic N) is 2. The summed E-state index contributed by atoms with van der Waals surface area (Å²) in [5.41, 5.74) is 9.08. The van der Waals surface area contributed by atoms with Gasteiger partial charge in [0.05, 0.1) is 0 Å². The lowest BCUT2D eigenvalue weighted by atomic mass is 10.2. The maximum absolute atomic E-state index is 5.65. The molecule has 1 aromatic heterocycles. The summed E-state index contributed by atoms with van der Waals surface area (Å²) in [5.74, 6) is 1.44. The molecule has 0 unspecified atom stereocenters. The predicted octanol–water partition coefficient (Wildman–Crippen LogP) is 2.93. The molecule has 0 aliphatic carbocycles. The molecule has 0 aliphatic rings. The van der Waals surface area contributed by atoms with Gasteiger partial charge in [0.2, 0.25) is 0 Å². The molecule has 0 fully saturated rings. The molecule has 0 spiro atoms. The van der Waals surface area contributed by atoms with Gasteiger partial charge in [-0.2, -0.15) is 0 Å². The summed E-state index contributed by atoms with van der Waals surface area (Å²) < 4.78 is 0. The fourth-order valence-electron chi connectivity index (χ4n) is 1.41. The summed E-state index contributed by atoms with van der Waals surface area (Å²) in [6.07, 6.45) is 8.13. The van der Waals surface area contributed by atoms with Gasteiger partial charge in [0.25, 0.3) is 0 Å². The second-order valence-electron chi connectivity index (χ2n) is 4.45. The monoisotopic (exact) mass is 290 g/mol. The number of thioether (sulfide) groups is 1. The van der Waals surface area contributed by atoms with E-state index in [1.54, 1.807) is 36.4 Å². The molecular formula is C15H22N4S. The smallest absolute Gasteiger partial charge is 0.157 e. The van der Waals surface area contributed by atoms with E-state index in [9.17, 15) is 0 Å². The Bertz CT molecular complexity index is 488. The van der Waals surface area contributed by atoms with Gasteiger partial charge in [0.15, 0.2) is 5.82 Å². The lowest BCUT2D eigenvalue weighted by Gasteiger charge is -2.06. The molecule has 0 aliphatic heterocycles. The van der Waals surface area contributed by atoms with Gasteiger partial charge in [-0.15, -0.1) is 11.8 Å². The molecule has 4 nitrogen and oxygen atoms in total. The number of nitrogens with one attached hydrogen (secondary N) is 1. The van der Waals surface area contributed by atoms with E-state index >= 15 is 0 Å². The van der Waals surface area contributed by atoms with Crippen molar-refractivity contribution in [3.8, 4) is 0 Å². The van der Waals surface area contributed by atoms with Crippen LogP contribution >= 0.6 is 11.8 Å². The quantitative estimate of drug-likeness (QED) is 0.756. The third-order valence-corrected chi connectivity index (χ3v) is 3.50. The van der Waals surface area contributed by atoms with Gasteiger partial charge < -0.3 is 11.1 Å². The molecule has 1 aromatic rings. The molecular weight excluding hydrogens is 268 g/mol. The molecule has 0 saturated carbocycles. The average Bonchev–Trinajstić information content (AvgIpc) is 2.47. The largest absolute Gasteiger partial charge is 0.404 e. The molecule has 0 bridgehead atoms. The molecule has 1 heterocycles. The Labute approximate surface area is 125 Å². The van der Waals surface area contributed by atoms with Gasteiger partial charge in [-0.3, -0.25) is 0 Å². The lowest BCUT2D eigenvalue weighted by Crippen LogP contribution is -2.04. The molecule has 0 aromatic carbocycles. The number of hydrogen-bond acceptors (Lipinski definition) is 5. The van der Waals surface area contributed by atoms with Crippen LogP contribution in [0.1, 0.15) is 26.1 Å². The zero-order valence-electron chi connectivity index (χ0n) is 12.3. The van der Waals surface area contributed by atoms with Crippen molar-refractivity contribution < 1.29 is 0 Å². The topological polar surface area (TPSA) is 63.8 Å². The Morgan fingerprint density at radius 3 is 2.60 bits per heavy atom. The zero-order valence-corrected chi connectivity index (χ0v) is 13.1. The highest BCUT2D eigenvalue weighted by atomic mass is 32.2. The molecule has 0 saturated heterocycles. The van der Waals surface area contributed by atoms with Crippen molar-refractivity contribution in [2.75, 3.05) is 12.8 Å². The molecule has 108 valence electrons. The molecule has 0 amide bonds. The summed E-state index contributed by atoms with van der Waals surface area (Å²) in [4.78, 5) is 8.42. The highest BCUT2D eigenvalue weighted by Crippen LogP contribution is 2.17. The normalized spacial score (nSPS) is 12.2. The van der Waals surface area contributed by atoms with Gasteiger partial charge in [0, 0.05) is 49.1 Å². The van der Waals surface area contributed by atoms with E-state index < -0.39 is 0 Å². The second kappa shape index (κ2) is 9.20. The van der Waals surface area contributed by atoms with Crippen molar-refractivity contribution in [1.82, 2.24) is 15.3 Å². The van der Waals surface area contributed by atoms with Crippen LogP contribution < -0.4 is 11.1 Å². The Balaban J connectivity index is 2.59. The third kappa shape index (κ3) is 5.93. The first kappa shape index (κ1) is 16.3. The fraction of sp³-hybridized carbons (Fsp3) is 0.333. The van der Waals surface area contributed by atoms with Crippen LogP contribution in [0.3, 0.4) is 0 Å². The molecule has 0 atom stereocenters. The van der Waals surface area contributed by atoms with E-state index in [1.165, 1.54) is 11.3 Å². The molecule has 5 heteroatoms. The summed E-state index contributed by atoms with van der Waals surface area (Å²) in [5, 5.41) is 5.32. The van der Waals surface area contributed by atoms with Crippen LogP contribution in [-0.4, -0.2) is 22.8 Å². The Hall–Kier alpha value is -1.75. The van der Waals surface area contributed by atoms with Crippen molar-refractivity contribution in [3.63, 3.8) is 0 Å². The van der Waals surface area contributed by atoms with Gasteiger partial charge in [0.1, 0.15) is 0 Å². The lowest BCUT2D eigenvalue weighted by molar-refractivity contribution is 0.939. The van der Waals surface area contributed by atoms with E-state index in [2.05, 4.69) is 40.6 Å². The number of hydrogen-bond donors (Lipinski definition) is 2. The predicted molar refractivity (Wildman–Crippen MR) is 87.8 cm³/mol. The number of rotatable bonds is 7. The minimum atomic E-state index is 0.686. The third-order valence-electron chi connectivity index (χ3n) is 2.57. The van der Waals surface area contributed by atoms with E-state index in [4.69, 9.17) is 5.73 Å². The second-order valence-corrected chi connectivity index (χ2v) is 5.31. The summed E-state index contributed by atoms with van der Waals surface area (Å²) >= 11 is 1.68. The Kier molecular flexibility index (Phi) is 7.50. The minimum absolute atomic E-state index is 0.686. The SMILES string of the molecule is CN/C(=C\SCC(=CN)c1ncccn1)CC=C(C)C. The number of allylic oxidation sites excluding steroid dienone is 2. The van der Waals surface area contributed by atoms with Crippen LogP contribution in [0.25, 0.3) is 5.57 Å². The standard InChI is InChI=1S/C15H22N4S/c1-12(2)5-6-14(17-3)11-20-10-13(9-16)15-18-7-4-8-19-15/h4-5,7-9,11,17H,6,10,16H2,1-3H3/b13-9?,14-11-. The maximum atomic E-state index is 5.65. The molecule has 0 radical (unpaired) electrons. The van der Waals surface area contributed by atoms with Crippen LogP contribution in [0.2, 0.25) is 0 Å². The molecule has 20 heavy (non-hydrogen) atoms. The van der Waals surface area contributed by atoms with E-state index in [0.29, 0.717) is 5.82 Å². The van der Waals surface area contributed by atoms with Crippen LogP contribution in [0.4, 0.5) is 0 Å². The van der Waals surface area contributed by atoms with Gasteiger partial charge in [-0.05, 0) is 25.3 Å². The van der Waals surface area contributed by atoms with E-state index in [0.717, 1.165) is 17.7 Å². The van der Waals surface area contributed by atoms with Gasteiger partial charge in [-0.1, -0.05) is 11.6 Å². The van der Waals surface area contributed by atoms with Crippen LogP contribution in [-0.2, 0) is 0 Å². The maximum Gasteiger partial charge on any atom is 0.157 e. The van der Waals surface area contributed by atoms with Crippen molar-refractivity contribution in [2.45, 2.75) is 20.3 Å². The molecule has 1 rings (SSSR count). The number of aromatic nitrogens is 2. The Morgan fingerprint density at radius 1 is 1.35 bits per heavy atom. The first-order valence-electron chi connectivity index (χ1n) is 6.47. The highest BCUT2D eigenvalue weighted by molar-refractivity contribution is 8.02. The van der Waals surface area contributed by atoms with Crippen molar-refractivity contribution in [1.29, 1.82) is 0 Å². The van der Waals surface area contributed by atoms with Gasteiger partial charge >= 0.3 is 0 Å². The van der Waals surface area contributed by atoms with Crippen molar-refractivity contribution in [2.24, 2.45) is 5.73 Å². The summed E-state index contributed by atoms with van der Waals surface area (Å²) in [6.45, 7) is 4.20. The van der Waals surface area contributed by atoms with Crippen molar-refractivity contribution >= 4 is 17.3 Å². The first-order valence-corrected chi connectivity index (χ1v) is 7.52. The van der Waals surface area contributed by atoms with Crippen LogP contribution in [0.5, 0.6) is 0 Å². The van der Waals surface area contributed by atoms with Crippen molar-refractivity contribution in [3.05, 3.63) is 53.2 Å². The average molecular weight is 290 g/mol. The fourth-order valence-corrected chi connectivity index (χ4v) is 2.31. The highest BCUT2D eigenvalue weighted by Gasteiger charge is 2.03.